The number of ether oxygens (including phenoxy) is 2. The molecule has 2 amide bonds. The number of sulfonamides is 1. The number of halogens is 1. The lowest BCUT2D eigenvalue weighted by Crippen LogP contribution is -2.57. The second-order valence-corrected chi connectivity index (χ2v) is 14.7. The zero-order valence-electron chi connectivity index (χ0n) is 29.4. The second-order valence-electron chi connectivity index (χ2n) is 12.6. The van der Waals surface area contributed by atoms with Gasteiger partial charge in [-0.2, -0.15) is 0 Å². The number of carbonyl (C=O) groups excluding carboxylic acids is 3. The highest BCUT2D eigenvalue weighted by molar-refractivity contribution is 7.89. The van der Waals surface area contributed by atoms with Gasteiger partial charge in [-0.1, -0.05) is 29.8 Å². The van der Waals surface area contributed by atoms with Crippen LogP contribution in [-0.4, -0.2) is 82.4 Å². The number of carbonyl (C=O) groups is 4. The summed E-state index contributed by atoms with van der Waals surface area (Å²) in [6, 6.07) is 10.6. The van der Waals surface area contributed by atoms with E-state index < -0.39 is 68.2 Å². The summed E-state index contributed by atoms with van der Waals surface area (Å²) in [4.78, 5) is 55.8. The third-order valence-corrected chi connectivity index (χ3v) is 9.69. The van der Waals surface area contributed by atoms with Crippen molar-refractivity contribution in [2.24, 2.45) is 5.28 Å². The molecule has 2 aromatic carbocycles. The Morgan fingerprint density at radius 3 is 2.33 bits per heavy atom. The molecule has 2 N–H and O–H groups in total. The molecule has 2 aromatic rings. The Balaban J connectivity index is 2.14. The minimum atomic E-state index is -5.32. The highest BCUT2D eigenvalue weighted by atomic mass is 35.5. The predicted octanol–water partition coefficient (Wildman–Crippen LogP) is 4.98. The summed E-state index contributed by atoms with van der Waals surface area (Å²) in [6.07, 6.45) is -2.20. The first kappa shape index (κ1) is 40.6. The Morgan fingerprint density at radius 1 is 1.08 bits per heavy atom. The van der Waals surface area contributed by atoms with Gasteiger partial charge in [0.25, 0.3) is 15.9 Å². The maximum absolute atomic E-state index is 14.5. The van der Waals surface area contributed by atoms with E-state index in [1.54, 1.807) is 18.9 Å². The zero-order valence-corrected chi connectivity index (χ0v) is 31.0. The number of benzene rings is 2. The second kappa shape index (κ2) is 16.5. The molecule has 0 bridgehead atoms. The van der Waals surface area contributed by atoms with E-state index in [0.29, 0.717) is 6.42 Å². The molecule has 0 aromatic heterocycles. The lowest BCUT2D eigenvalue weighted by atomic mass is 10.1. The van der Waals surface area contributed by atoms with Crippen LogP contribution in [0, 0.1) is 5.21 Å². The van der Waals surface area contributed by atoms with Gasteiger partial charge in [-0.3, -0.25) is 29.7 Å². The average Bonchev–Trinajstić information content (AvgIpc) is 3.33. The number of carboxylic acids is 1. The molecule has 1 heterocycles. The summed E-state index contributed by atoms with van der Waals surface area (Å²) < 4.78 is 39.7. The van der Waals surface area contributed by atoms with Crippen molar-refractivity contribution in [1.29, 1.82) is 0 Å². The van der Waals surface area contributed by atoms with Crippen molar-refractivity contribution in [3.05, 3.63) is 63.8 Å². The van der Waals surface area contributed by atoms with Crippen molar-refractivity contribution in [2.75, 3.05) is 18.1 Å². The molecule has 2 unspecified atom stereocenters. The molecule has 0 saturated carbocycles. The van der Waals surface area contributed by atoms with Crippen molar-refractivity contribution < 1.29 is 52.0 Å². The van der Waals surface area contributed by atoms with Crippen molar-refractivity contribution in [3.8, 4) is 0 Å². The van der Waals surface area contributed by atoms with Gasteiger partial charge in [-0.15, -0.1) is 9.31 Å². The van der Waals surface area contributed by atoms with E-state index in [1.165, 1.54) is 26.8 Å². The number of amides is 2. The van der Waals surface area contributed by atoms with Crippen LogP contribution in [0.5, 0.6) is 0 Å². The Morgan fingerprint density at radius 2 is 1.73 bits per heavy atom. The summed E-state index contributed by atoms with van der Waals surface area (Å²) in [5.41, 5.74) is 3.03. The van der Waals surface area contributed by atoms with Gasteiger partial charge < -0.3 is 19.8 Å². The smallest absolute Gasteiger partial charge is 0.430 e. The molecule has 2 atom stereocenters. The van der Waals surface area contributed by atoms with Crippen LogP contribution in [0.25, 0.3) is 0 Å². The Hall–Kier alpha value is -4.84. The minimum Gasteiger partial charge on any atom is -0.569 e. The van der Waals surface area contributed by atoms with Gasteiger partial charge >= 0.3 is 23.9 Å². The molecule has 0 aliphatic carbocycles. The zero-order chi connectivity index (χ0) is 38.3. The maximum atomic E-state index is 14.5. The number of para-hydroxylation sites is 1. The molecule has 1 aliphatic heterocycles. The summed E-state index contributed by atoms with van der Waals surface area (Å²) in [5.74, 6) is -6.20. The van der Waals surface area contributed by atoms with Crippen LogP contribution in [0.3, 0.4) is 0 Å². The maximum Gasteiger partial charge on any atom is 0.430 e. The monoisotopic (exact) mass is 754 g/mol. The third-order valence-electron chi connectivity index (χ3n) is 7.40. The number of hydrogen-bond donors (Lipinski definition) is 2. The number of hydrazine groups is 2. The van der Waals surface area contributed by atoms with E-state index in [2.05, 4.69) is 10.7 Å². The SMILES string of the molecule is CCN(CC)/[N+]([O-])=N/OC(C)(OC(=O)CCCC(=O)O)N(C(=O)OC(C)(C)C)S(=O)(=O)c1cc(C(=O)NN2c3ccccc3CC2C)ccc1Cl. The molecule has 1 aliphatic rings. The van der Waals surface area contributed by atoms with E-state index in [0.717, 1.165) is 35.3 Å². The highest BCUT2D eigenvalue weighted by Crippen LogP contribution is 2.35. The van der Waals surface area contributed by atoms with Crippen LogP contribution in [0.4, 0.5) is 10.5 Å². The first-order valence-electron chi connectivity index (χ1n) is 16.0. The number of nitrogens with zero attached hydrogens (tertiary/aromatic N) is 5. The lowest BCUT2D eigenvalue weighted by molar-refractivity contribution is -0.714. The molecule has 0 saturated heterocycles. The molecule has 0 radical (unpaired) electrons. The first-order valence-corrected chi connectivity index (χ1v) is 17.9. The lowest BCUT2D eigenvalue weighted by Gasteiger charge is -2.36. The number of anilines is 1. The van der Waals surface area contributed by atoms with Crippen LogP contribution >= 0.6 is 11.6 Å². The Kier molecular flexibility index (Phi) is 13.1. The number of hydrogen-bond acceptors (Lipinski definition) is 12. The van der Waals surface area contributed by atoms with Crippen molar-refractivity contribution in [2.45, 2.75) is 96.6 Å². The van der Waals surface area contributed by atoms with Crippen LogP contribution in [-0.2, 0) is 40.3 Å². The van der Waals surface area contributed by atoms with Crippen molar-refractivity contribution >= 4 is 51.3 Å². The molecular formula is C32H43ClN6O11S. The van der Waals surface area contributed by atoms with Gasteiger partial charge in [-0.25, -0.2) is 13.2 Å². The van der Waals surface area contributed by atoms with E-state index in [9.17, 15) is 32.8 Å². The average molecular weight is 755 g/mol. The molecule has 51 heavy (non-hydrogen) atoms. The Labute approximate surface area is 301 Å². The van der Waals surface area contributed by atoms with Gasteiger partial charge in [0.1, 0.15) is 10.5 Å². The van der Waals surface area contributed by atoms with Crippen LogP contribution in [0.15, 0.2) is 52.6 Å². The van der Waals surface area contributed by atoms with Crippen LogP contribution < -0.4 is 10.4 Å². The predicted molar refractivity (Wildman–Crippen MR) is 182 cm³/mol. The number of rotatable bonds is 15. The van der Waals surface area contributed by atoms with E-state index in [1.807, 2.05) is 31.2 Å². The van der Waals surface area contributed by atoms with Gasteiger partial charge in [0, 0.05) is 25.3 Å². The summed E-state index contributed by atoms with van der Waals surface area (Å²) in [6.45, 7) is 10.5. The van der Waals surface area contributed by atoms with Gasteiger partial charge in [-0.05, 0) is 84.2 Å². The van der Waals surface area contributed by atoms with Crippen LogP contribution in [0.1, 0.15) is 83.7 Å². The minimum absolute atomic E-state index is 0.0359. The standard InChI is InChI=1S/C32H43ClN6O11S/c1-8-36(9-2)39(45)35-50-32(7,48-28(42)16-12-15-27(40)41)38(30(44)49-31(4,5)6)51(46,47)26-20-23(17-18-24(26)33)29(43)34-37-21(3)19-22-13-10-11-14-25(22)37/h10-11,13-14,17-18,20-21H,8-9,12,15-16,19H2,1-7H3,(H,34,43)(H,40,41)/b39-35-. The summed E-state index contributed by atoms with van der Waals surface area (Å²) in [7, 11) is -5.32. The van der Waals surface area contributed by atoms with E-state index in [4.69, 9.17) is 31.0 Å². The third kappa shape index (κ3) is 10.1. The molecule has 17 nitrogen and oxygen atoms in total. The van der Waals surface area contributed by atoms with Crippen molar-refractivity contribution in [1.82, 2.24) is 14.7 Å². The highest BCUT2D eigenvalue weighted by Gasteiger charge is 2.53. The normalized spacial score (nSPS) is 15.6. The number of nitrogens with one attached hydrogen (secondary N) is 1. The largest absolute Gasteiger partial charge is 0.569 e. The molecule has 280 valence electrons. The van der Waals surface area contributed by atoms with Crippen molar-refractivity contribution in [3.63, 3.8) is 0 Å². The quantitative estimate of drug-likeness (QED) is 0.0809. The number of esters is 1. The Bertz CT molecular complexity index is 1760. The first-order chi connectivity index (χ1) is 23.7. The molecule has 19 heteroatoms. The van der Waals surface area contributed by atoms with Gasteiger partial charge in [0.05, 0.1) is 34.8 Å². The fraction of sp³-hybridized carbons (Fsp3) is 0.500. The fourth-order valence-electron chi connectivity index (χ4n) is 5.01. The number of carboxylic acid groups (broad SMARTS) is 1. The van der Waals surface area contributed by atoms with Crippen LogP contribution in [0.2, 0.25) is 5.02 Å². The topological polar surface area (TPSA) is 211 Å². The molecule has 3 rings (SSSR count). The summed E-state index contributed by atoms with van der Waals surface area (Å²) in [5, 5.41) is 27.4. The van der Waals surface area contributed by atoms with Gasteiger partial charge in [0.2, 0.25) is 5.28 Å². The number of fused-ring (bicyclic) bond motifs is 1. The fourth-order valence-corrected chi connectivity index (χ4v) is 6.95. The number of aliphatic carboxylic acids is 1. The molecule has 0 spiro atoms. The van der Waals surface area contributed by atoms with E-state index >= 15 is 0 Å². The molecule has 0 fully saturated rings. The molecular weight excluding hydrogens is 712 g/mol. The van der Waals surface area contributed by atoms with Gasteiger partial charge in [0.15, 0.2) is 0 Å². The van der Waals surface area contributed by atoms with E-state index in [-0.39, 0.29) is 40.4 Å². The summed E-state index contributed by atoms with van der Waals surface area (Å²) >= 11 is 6.40.